The minimum absolute atomic E-state index is 0.0186. The van der Waals surface area contributed by atoms with E-state index in [0.717, 1.165) is 31.7 Å². The van der Waals surface area contributed by atoms with Crippen LogP contribution in [0.25, 0.3) is 0 Å². The topological polar surface area (TPSA) is 127 Å². The molecule has 0 unspecified atom stereocenters. The van der Waals surface area contributed by atoms with Crippen LogP contribution in [0.15, 0.2) is 48.5 Å². The van der Waals surface area contributed by atoms with Crippen molar-refractivity contribution in [1.29, 1.82) is 0 Å². The number of rotatable bonds is 18. The summed E-state index contributed by atoms with van der Waals surface area (Å²) in [5, 5.41) is 17.0. The molecule has 2 aromatic carbocycles. The first-order valence-electron chi connectivity index (χ1n) is 14.3. The van der Waals surface area contributed by atoms with Gasteiger partial charge in [-0.3, -0.25) is 0 Å². The van der Waals surface area contributed by atoms with E-state index < -0.39 is 11.9 Å². The van der Waals surface area contributed by atoms with Crippen molar-refractivity contribution in [2.45, 2.75) is 90.9 Å². The molecule has 0 amide bonds. The second-order valence-corrected chi connectivity index (χ2v) is 9.58. The van der Waals surface area contributed by atoms with Crippen LogP contribution in [0.5, 0.6) is 0 Å². The summed E-state index contributed by atoms with van der Waals surface area (Å²) in [7, 11) is 0. The van der Waals surface area contributed by atoms with Crippen LogP contribution in [-0.2, 0) is 9.47 Å². The van der Waals surface area contributed by atoms with Crippen LogP contribution in [-0.4, -0.2) is 47.3 Å². The third kappa shape index (κ3) is 15.0. The lowest BCUT2D eigenvalue weighted by Gasteiger charge is -2.07. The minimum Gasteiger partial charge on any atom is -0.478 e. The molecule has 0 heterocycles. The zero-order chi connectivity index (χ0) is 29.6. The van der Waals surface area contributed by atoms with E-state index in [1.165, 1.54) is 69.6 Å². The highest BCUT2D eigenvalue weighted by Crippen LogP contribution is 2.11. The molecule has 0 bridgehead atoms. The van der Waals surface area contributed by atoms with E-state index >= 15 is 0 Å². The maximum absolute atomic E-state index is 12.2. The average Bonchev–Trinajstić information content (AvgIpc) is 2.96. The lowest BCUT2D eigenvalue weighted by Crippen LogP contribution is -2.10. The van der Waals surface area contributed by atoms with Crippen LogP contribution in [0.3, 0.4) is 0 Å². The maximum Gasteiger partial charge on any atom is 0.338 e. The molecular weight excluding hydrogens is 512 g/mol. The van der Waals surface area contributed by atoms with Gasteiger partial charge in [0.05, 0.1) is 35.5 Å². The Balaban J connectivity index is 0.000000552. The van der Waals surface area contributed by atoms with Gasteiger partial charge in [0.2, 0.25) is 0 Å². The van der Waals surface area contributed by atoms with Crippen LogP contribution in [0.2, 0.25) is 0 Å². The second-order valence-electron chi connectivity index (χ2n) is 9.58. The summed E-state index contributed by atoms with van der Waals surface area (Å²) >= 11 is 0. The van der Waals surface area contributed by atoms with Crippen LogP contribution < -0.4 is 0 Å². The monoisotopic (exact) mass is 556 g/mol. The fraction of sp³-hybridized carbons (Fsp3) is 0.500. The minimum atomic E-state index is -1.13. The maximum atomic E-state index is 12.2. The Kier molecular flexibility index (Phi) is 18.2. The predicted octanol–water partition coefficient (Wildman–Crippen LogP) is 7.80. The van der Waals surface area contributed by atoms with Crippen molar-refractivity contribution >= 4 is 23.9 Å². The normalized spacial score (nSPS) is 10.2. The molecular formula is C32H44O8. The Hall–Kier alpha value is -3.68. The highest BCUT2D eigenvalue weighted by atomic mass is 16.5. The van der Waals surface area contributed by atoms with Crippen LogP contribution in [0.1, 0.15) is 132 Å². The van der Waals surface area contributed by atoms with E-state index in [0.29, 0.717) is 24.3 Å². The molecule has 0 aliphatic carbocycles. The number of unbranched alkanes of at least 4 members (excludes halogenated alkanes) is 10. The van der Waals surface area contributed by atoms with Gasteiger partial charge in [0.1, 0.15) is 0 Å². The summed E-state index contributed by atoms with van der Waals surface area (Å²) in [6.07, 6.45) is 13.8. The molecule has 2 aromatic rings. The first kappa shape index (κ1) is 34.3. The largest absolute Gasteiger partial charge is 0.478 e. The number of hydrogen-bond donors (Lipinski definition) is 2. The molecule has 8 heteroatoms. The molecule has 220 valence electrons. The van der Waals surface area contributed by atoms with Gasteiger partial charge in [-0.15, -0.1) is 0 Å². The molecule has 2 N–H and O–H groups in total. The Bertz CT molecular complexity index is 972. The van der Waals surface area contributed by atoms with Gasteiger partial charge in [0.15, 0.2) is 0 Å². The molecule has 0 fully saturated rings. The molecule has 40 heavy (non-hydrogen) atoms. The number of benzene rings is 2. The van der Waals surface area contributed by atoms with E-state index in [-0.39, 0.29) is 23.1 Å². The van der Waals surface area contributed by atoms with Gasteiger partial charge in [-0.25, -0.2) is 19.2 Å². The zero-order valence-electron chi connectivity index (χ0n) is 23.9. The van der Waals surface area contributed by atoms with E-state index in [1.807, 2.05) is 0 Å². The molecule has 0 saturated heterocycles. The third-order valence-corrected chi connectivity index (χ3v) is 6.15. The van der Waals surface area contributed by atoms with Crippen molar-refractivity contribution in [2.75, 3.05) is 13.2 Å². The van der Waals surface area contributed by atoms with Crippen LogP contribution >= 0.6 is 0 Å². The SMILES string of the molecule is CCCCCCCCOC(=O)c1cccc(C(=O)OCCCCCCCC)c1.O=C(O)c1cccc(C(=O)O)c1. The number of aromatic carboxylic acids is 2. The summed E-state index contributed by atoms with van der Waals surface area (Å²) in [5.41, 5.74) is 0.768. The molecule has 0 aliphatic heterocycles. The molecule has 8 nitrogen and oxygen atoms in total. The summed E-state index contributed by atoms with van der Waals surface area (Å²) in [6.45, 7) is 5.25. The summed E-state index contributed by atoms with van der Waals surface area (Å²) < 4.78 is 10.6. The summed E-state index contributed by atoms with van der Waals surface area (Å²) in [5.74, 6) is -3.01. The smallest absolute Gasteiger partial charge is 0.338 e. The van der Waals surface area contributed by atoms with Crippen molar-refractivity contribution in [1.82, 2.24) is 0 Å². The Morgan fingerprint density at radius 2 is 0.850 bits per heavy atom. The summed E-state index contributed by atoms with van der Waals surface area (Å²) in [4.78, 5) is 45.1. The summed E-state index contributed by atoms with van der Waals surface area (Å²) in [6, 6.07) is 11.8. The van der Waals surface area contributed by atoms with E-state index in [9.17, 15) is 19.2 Å². The van der Waals surface area contributed by atoms with Crippen LogP contribution in [0.4, 0.5) is 0 Å². The highest BCUT2D eigenvalue weighted by Gasteiger charge is 2.12. The average molecular weight is 557 g/mol. The van der Waals surface area contributed by atoms with Gasteiger partial charge in [-0.1, -0.05) is 90.2 Å². The number of carbonyl (C=O) groups excluding carboxylic acids is 2. The van der Waals surface area contributed by atoms with Gasteiger partial charge in [0.25, 0.3) is 0 Å². The van der Waals surface area contributed by atoms with Crippen molar-refractivity contribution in [3.8, 4) is 0 Å². The fourth-order valence-corrected chi connectivity index (χ4v) is 3.82. The van der Waals surface area contributed by atoms with Crippen molar-refractivity contribution < 1.29 is 38.9 Å². The van der Waals surface area contributed by atoms with Gasteiger partial charge in [0, 0.05) is 0 Å². The Labute approximate surface area is 237 Å². The predicted molar refractivity (Wildman–Crippen MR) is 154 cm³/mol. The van der Waals surface area contributed by atoms with E-state index in [4.69, 9.17) is 19.7 Å². The molecule has 0 radical (unpaired) electrons. The third-order valence-electron chi connectivity index (χ3n) is 6.15. The van der Waals surface area contributed by atoms with E-state index in [1.54, 1.807) is 24.3 Å². The lowest BCUT2D eigenvalue weighted by atomic mass is 10.1. The number of hydrogen-bond acceptors (Lipinski definition) is 6. The Morgan fingerprint density at radius 1 is 0.525 bits per heavy atom. The first-order valence-corrected chi connectivity index (χ1v) is 14.3. The van der Waals surface area contributed by atoms with Gasteiger partial charge < -0.3 is 19.7 Å². The quantitative estimate of drug-likeness (QED) is 0.141. The highest BCUT2D eigenvalue weighted by molar-refractivity contribution is 5.95. The first-order chi connectivity index (χ1) is 19.3. The molecule has 0 saturated carbocycles. The molecule has 0 atom stereocenters. The Morgan fingerprint density at radius 3 is 1.23 bits per heavy atom. The number of carboxylic acids is 2. The fourth-order valence-electron chi connectivity index (χ4n) is 3.82. The van der Waals surface area contributed by atoms with Crippen molar-refractivity contribution in [2.24, 2.45) is 0 Å². The number of carbonyl (C=O) groups is 4. The van der Waals surface area contributed by atoms with Gasteiger partial charge >= 0.3 is 23.9 Å². The van der Waals surface area contributed by atoms with Gasteiger partial charge in [-0.2, -0.15) is 0 Å². The van der Waals surface area contributed by atoms with Gasteiger partial charge in [-0.05, 0) is 49.2 Å². The molecule has 2 rings (SSSR count). The lowest BCUT2D eigenvalue weighted by molar-refractivity contribution is 0.0494. The second kappa shape index (κ2) is 21.2. The number of ether oxygens (including phenoxy) is 2. The van der Waals surface area contributed by atoms with E-state index in [2.05, 4.69) is 13.8 Å². The number of carboxylic acid groups (broad SMARTS) is 2. The number of esters is 2. The molecule has 0 aliphatic rings. The molecule has 0 spiro atoms. The zero-order valence-corrected chi connectivity index (χ0v) is 23.9. The van der Waals surface area contributed by atoms with Crippen molar-refractivity contribution in [3.63, 3.8) is 0 Å². The standard InChI is InChI=1S/C24H38O4.C8H6O4/c1-3-5-7-9-11-13-18-27-23(25)21-16-15-17-22(20-21)24(26)28-19-14-12-10-8-6-4-2;9-7(10)5-2-1-3-6(4-5)8(11)12/h15-17,20H,3-14,18-19H2,1-2H3;1-4H,(H,9,10)(H,11,12). The van der Waals surface area contributed by atoms with Crippen LogP contribution in [0, 0.1) is 0 Å². The van der Waals surface area contributed by atoms with Crippen molar-refractivity contribution in [3.05, 3.63) is 70.8 Å². The molecule has 0 aromatic heterocycles.